The van der Waals surface area contributed by atoms with Crippen LogP contribution in [0.5, 0.6) is 5.75 Å². The third kappa shape index (κ3) is 3.07. The Morgan fingerprint density at radius 1 is 1.42 bits per heavy atom. The summed E-state index contributed by atoms with van der Waals surface area (Å²) in [5, 5.41) is 9.96. The van der Waals surface area contributed by atoms with E-state index in [0.717, 1.165) is 18.8 Å². The van der Waals surface area contributed by atoms with Gasteiger partial charge in [0.15, 0.2) is 0 Å². The van der Waals surface area contributed by atoms with Crippen LogP contribution in [0, 0.1) is 0 Å². The molecule has 0 bridgehead atoms. The van der Waals surface area contributed by atoms with Gasteiger partial charge in [-0.3, -0.25) is 4.79 Å². The largest absolute Gasteiger partial charge is 0.507 e. The average Bonchev–Trinajstić information content (AvgIpc) is 2.39. The minimum atomic E-state index is -0.618. The molecule has 5 N–H and O–H groups in total. The Morgan fingerprint density at radius 3 is 2.84 bits per heavy atom. The second-order valence-corrected chi connectivity index (χ2v) is 4.44. The van der Waals surface area contributed by atoms with E-state index in [9.17, 15) is 9.90 Å². The standard InChI is InChI=1S/C14H17N3O2/c15-11-5-8-17(9-6-11)7-4-10-2-1-3-12(13(10)18)14(16)19/h1-3,5-6,8,18H,4,7,9,15H2,(H2,16,19). The monoisotopic (exact) mass is 259 g/mol. The van der Waals surface area contributed by atoms with Gasteiger partial charge in [-0.05, 0) is 30.2 Å². The summed E-state index contributed by atoms with van der Waals surface area (Å²) in [6.07, 6.45) is 6.32. The first-order valence-corrected chi connectivity index (χ1v) is 6.06. The summed E-state index contributed by atoms with van der Waals surface area (Å²) in [5.74, 6) is -0.640. The number of phenols is 1. The second kappa shape index (κ2) is 5.48. The molecule has 0 fully saturated rings. The van der Waals surface area contributed by atoms with Crippen LogP contribution < -0.4 is 11.5 Å². The van der Waals surface area contributed by atoms with Gasteiger partial charge in [-0.2, -0.15) is 0 Å². The number of amides is 1. The van der Waals surface area contributed by atoms with Crippen LogP contribution in [0.3, 0.4) is 0 Å². The number of allylic oxidation sites excluding steroid dienone is 1. The number of carbonyl (C=O) groups is 1. The molecule has 19 heavy (non-hydrogen) atoms. The lowest BCUT2D eigenvalue weighted by Gasteiger charge is -2.22. The van der Waals surface area contributed by atoms with E-state index in [1.54, 1.807) is 12.1 Å². The fraction of sp³-hybridized carbons (Fsp3) is 0.214. The molecule has 0 aliphatic carbocycles. The molecule has 0 spiro atoms. The Labute approximate surface area is 111 Å². The van der Waals surface area contributed by atoms with Crippen molar-refractivity contribution in [2.45, 2.75) is 6.42 Å². The molecule has 100 valence electrons. The van der Waals surface area contributed by atoms with Crippen LogP contribution in [-0.4, -0.2) is 29.0 Å². The van der Waals surface area contributed by atoms with Crippen molar-refractivity contribution in [3.05, 3.63) is 53.4 Å². The zero-order valence-electron chi connectivity index (χ0n) is 10.5. The normalized spacial score (nSPS) is 14.3. The smallest absolute Gasteiger partial charge is 0.252 e. The number of primary amides is 1. The summed E-state index contributed by atoms with van der Waals surface area (Å²) in [7, 11) is 0. The number of hydrogen-bond acceptors (Lipinski definition) is 4. The highest BCUT2D eigenvalue weighted by Gasteiger charge is 2.12. The van der Waals surface area contributed by atoms with Crippen molar-refractivity contribution in [2.24, 2.45) is 11.5 Å². The van der Waals surface area contributed by atoms with Gasteiger partial charge in [-0.1, -0.05) is 12.1 Å². The predicted molar refractivity (Wildman–Crippen MR) is 73.3 cm³/mol. The maximum absolute atomic E-state index is 11.1. The summed E-state index contributed by atoms with van der Waals surface area (Å²) < 4.78 is 0. The van der Waals surface area contributed by atoms with Crippen LogP contribution in [0.25, 0.3) is 0 Å². The first-order chi connectivity index (χ1) is 9.08. The highest BCUT2D eigenvalue weighted by Crippen LogP contribution is 2.22. The number of nitrogens with two attached hydrogens (primary N) is 2. The quantitative estimate of drug-likeness (QED) is 0.742. The molecule has 1 heterocycles. The van der Waals surface area contributed by atoms with Gasteiger partial charge in [-0.25, -0.2) is 0 Å². The van der Waals surface area contributed by atoms with E-state index in [1.165, 1.54) is 6.07 Å². The topological polar surface area (TPSA) is 92.6 Å². The van der Waals surface area contributed by atoms with E-state index in [0.29, 0.717) is 12.0 Å². The number of para-hydroxylation sites is 1. The molecule has 5 nitrogen and oxygen atoms in total. The molecule has 1 aliphatic heterocycles. The summed E-state index contributed by atoms with van der Waals surface area (Å²) in [5.41, 5.74) is 12.5. The molecule has 0 saturated carbocycles. The van der Waals surface area contributed by atoms with E-state index in [4.69, 9.17) is 11.5 Å². The number of benzene rings is 1. The second-order valence-electron chi connectivity index (χ2n) is 4.44. The fourth-order valence-electron chi connectivity index (χ4n) is 1.96. The van der Waals surface area contributed by atoms with Gasteiger partial charge in [0, 0.05) is 25.0 Å². The third-order valence-corrected chi connectivity index (χ3v) is 3.09. The molecule has 2 rings (SSSR count). The molecule has 0 atom stereocenters. The highest BCUT2D eigenvalue weighted by molar-refractivity contribution is 5.95. The SMILES string of the molecule is NC(=O)c1cccc(CCN2C=CC(N)=CC2)c1O. The Balaban J connectivity index is 2.03. The van der Waals surface area contributed by atoms with Crippen molar-refractivity contribution in [1.29, 1.82) is 0 Å². The minimum Gasteiger partial charge on any atom is -0.507 e. The summed E-state index contributed by atoms with van der Waals surface area (Å²) in [6.45, 7) is 1.48. The van der Waals surface area contributed by atoms with Crippen molar-refractivity contribution in [2.75, 3.05) is 13.1 Å². The third-order valence-electron chi connectivity index (χ3n) is 3.09. The van der Waals surface area contributed by atoms with Crippen LogP contribution in [0.4, 0.5) is 0 Å². The summed E-state index contributed by atoms with van der Waals surface area (Å²) in [4.78, 5) is 13.2. The molecule has 0 radical (unpaired) electrons. The zero-order valence-corrected chi connectivity index (χ0v) is 10.5. The van der Waals surface area contributed by atoms with Gasteiger partial charge in [-0.15, -0.1) is 0 Å². The van der Waals surface area contributed by atoms with Gasteiger partial charge in [0.1, 0.15) is 5.75 Å². The van der Waals surface area contributed by atoms with Crippen LogP contribution in [0.1, 0.15) is 15.9 Å². The van der Waals surface area contributed by atoms with E-state index >= 15 is 0 Å². The van der Waals surface area contributed by atoms with E-state index in [2.05, 4.69) is 4.90 Å². The Kier molecular flexibility index (Phi) is 3.75. The maximum atomic E-state index is 11.1. The molecule has 5 heteroatoms. The molecular formula is C14H17N3O2. The summed E-state index contributed by atoms with van der Waals surface area (Å²) >= 11 is 0. The molecule has 1 aliphatic rings. The molecular weight excluding hydrogens is 242 g/mol. The van der Waals surface area contributed by atoms with Crippen molar-refractivity contribution in [3.63, 3.8) is 0 Å². The molecule has 0 saturated heterocycles. The number of aromatic hydroxyl groups is 1. The molecule has 1 amide bonds. The van der Waals surface area contributed by atoms with Crippen LogP contribution in [0.15, 0.2) is 42.2 Å². The van der Waals surface area contributed by atoms with Crippen molar-refractivity contribution >= 4 is 5.91 Å². The lowest BCUT2D eigenvalue weighted by Crippen LogP contribution is -2.23. The predicted octanol–water partition coefficient (Wildman–Crippen LogP) is 0.706. The number of carbonyl (C=O) groups excluding carboxylic acids is 1. The lowest BCUT2D eigenvalue weighted by atomic mass is 10.1. The van der Waals surface area contributed by atoms with Crippen LogP contribution in [-0.2, 0) is 6.42 Å². The maximum Gasteiger partial charge on any atom is 0.252 e. The Hall–Kier alpha value is -2.43. The molecule has 0 aromatic heterocycles. The molecule has 1 aromatic carbocycles. The van der Waals surface area contributed by atoms with Gasteiger partial charge in [0.2, 0.25) is 0 Å². The molecule has 1 aromatic rings. The first kappa shape index (κ1) is 13.0. The lowest BCUT2D eigenvalue weighted by molar-refractivity contribution is 0.0997. The first-order valence-electron chi connectivity index (χ1n) is 6.06. The van der Waals surface area contributed by atoms with Crippen molar-refractivity contribution < 1.29 is 9.90 Å². The van der Waals surface area contributed by atoms with E-state index in [-0.39, 0.29) is 11.3 Å². The number of hydrogen-bond donors (Lipinski definition) is 3. The minimum absolute atomic E-state index is 0.0222. The Morgan fingerprint density at radius 2 is 2.21 bits per heavy atom. The zero-order chi connectivity index (χ0) is 13.8. The van der Waals surface area contributed by atoms with Gasteiger partial charge in [0.05, 0.1) is 5.56 Å². The molecule has 0 unspecified atom stereocenters. The highest BCUT2D eigenvalue weighted by atomic mass is 16.3. The Bertz CT molecular complexity index is 550. The number of nitrogens with zero attached hydrogens (tertiary/aromatic N) is 1. The average molecular weight is 259 g/mol. The van der Waals surface area contributed by atoms with E-state index < -0.39 is 5.91 Å². The van der Waals surface area contributed by atoms with Gasteiger partial charge < -0.3 is 21.5 Å². The fourth-order valence-corrected chi connectivity index (χ4v) is 1.96. The van der Waals surface area contributed by atoms with Crippen LogP contribution in [0.2, 0.25) is 0 Å². The van der Waals surface area contributed by atoms with Crippen molar-refractivity contribution in [1.82, 2.24) is 4.90 Å². The van der Waals surface area contributed by atoms with Crippen molar-refractivity contribution in [3.8, 4) is 5.75 Å². The van der Waals surface area contributed by atoms with E-state index in [1.807, 2.05) is 18.4 Å². The van der Waals surface area contributed by atoms with Gasteiger partial charge in [0.25, 0.3) is 5.91 Å². The number of rotatable bonds is 4. The van der Waals surface area contributed by atoms with Gasteiger partial charge >= 0.3 is 0 Å². The van der Waals surface area contributed by atoms with Crippen LogP contribution >= 0.6 is 0 Å². The summed E-state index contributed by atoms with van der Waals surface area (Å²) in [6, 6.07) is 5.03.